The van der Waals surface area contributed by atoms with Crippen molar-refractivity contribution in [1.29, 1.82) is 0 Å². The van der Waals surface area contributed by atoms with Crippen LogP contribution in [0.5, 0.6) is 0 Å². The highest BCUT2D eigenvalue weighted by Crippen LogP contribution is 2.78. The Balaban J connectivity index is 1.59. The number of allylic oxidation sites excluding steroid dienone is 4. The molecule has 0 N–H and O–H groups in total. The van der Waals surface area contributed by atoms with E-state index < -0.39 is 0 Å². The van der Waals surface area contributed by atoms with Crippen molar-refractivity contribution in [2.75, 3.05) is 0 Å². The highest BCUT2D eigenvalue weighted by Gasteiger charge is 2.66. The number of hydrogen-bond donors (Lipinski definition) is 0. The lowest BCUT2D eigenvalue weighted by atomic mass is 9.80. The van der Waals surface area contributed by atoms with Crippen LogP contribution >= 0.6 is 0 Å². The van der Waals surface area contributed by atoms with Crippen molar-refractivity contribution >= 4 is 0 Å². The first kappa shape index (κ1) is 11.3. The summed E-state index contributed by atoms with van der Waals surface area (Å²) in [5.41, 5.74) is 11.8. The fourth-order valence-corrected chi connectivity index (χ4v) is 7.37. The van der Waals surface area contributed by atoms with Gasteiger partial charge in [-0.1, -0.05) is 24.3 Å². The van der Waals surface area contributed by atoms with Crippen LogP contribution < -0.4 is 0 Å². The van der Waals surface area contributed by atoms with Crippen molar-refractivity contribution in [3.05, 3.63) is 57.7 Å². The molecule has 0 amide bonds. The van der Waals surface area contributed by atoms with E-state index in [4.69, 9.17) is 0 Å². The third-order valence-electron chi connectivity index (χ3n) is 8.56. The predicted octanol–water partition coefficient (Wildman–Crippen LogP) is 5.37. The summed E-state index contributed by atoms with van der Waals surface area (Å²) in [6.07, 6.45) is 16.1. The quantitative estimate of drug-likeness (QED) is 0.563. The van der Waals surface area contributed by atoms with Gasteiger partial charge >= 0.3 is 0 Å². The molecule has 0 nitrogen and oxygen atoms in total. The lowest BCUT2D eigenvalue weighted by molar-refractivity contribution is 0.475. The molecular formula is C22H22. The lowest BCUT2D eigenvalue weighted by Crippen LogP contribution is -2.08. The first-order chi connectivity index (χ1) is 10.7. The van der Waals surface area contributed by atoms with Crippen LogP contribution in [0.4, 0.5) is 0 Å². The van der Waals surface area contributed by atoms with Gasteiger partial charge < -0.3 is 0 Å². The van der Waals surface area contributed by atoms with Crippen LogP contribution in [0.25, 0.3) is 0 Å². The van der Waals surface area contributed by atoms with E-state index in [0.717, 1.165) is 23.7 Å². The zero-order chi connectivity index (χ0) is 14.4. The van der Waals surface area contributed by atoms with Gasteiger partial charge in [-0.05, 0) is 83.7 Å². The molecule has 1 aromatic carbocycles. The molecule has 2 spiro atoms. The Morgan fingerprint density at radius 1 is 0.591 bits per heavy atom. The average molecular weight is 286 g/mol. The number of hydrogen-bond acceptors (Lipinski definition) is 0. The summed E-state index contributed by atoms with van der Waals surface area (Å²) >= 11 is 0. The molecule has 0 aromatic heterocycles. The molecule has 2 saturated carbocycles. The molecule has 1 aromatic rings. The summed E-state index contributed by atoms with van der Waals surface area (Å²) in [5.74, 6) is 3.04. The zero-order valence-corrected chi connectivity index (χ0v) is 13.4. The van der Waals surface area contributed by atoms with E-state index in [2.05, 4.69) is 38.2 Å². The molecule has 2 fully saturated rings. The Morgan fingerprint density at radius 2 is 0.864 bits per heavy atom. The van der Waals surface area contributed by atoms with Gasteiger partial charge in [0.05, 0.1) is 0 Å². The first-order valence-corrected chi connectivity index (χ1v) is 9.22. The third kappa shape index (κ3) is 0.857. The molecule has 0 heterocycles. The molecule has 0 heteroatoms. The Hall–Kier alpha value is -1.30. The van der Waals surface area contributed by atoms with E-state index in [-0.39, 0.29) is 0 Å². The Labute approximate surface area is 132 Å². The van der Waals surface area contributed by atoms with E-state index in [1.54, 1.807) is 33.4 Å². The maximum atomic E-state index is 2.56. The van der Waals surface area contributed by atoms with Crippen LogP contribution in [0, 0.1) is 24.7 Å². The first-order valence-electron chi connectivity index (χ1n) is 9.22. The second-order valence-corrected chi connectivity index (χ2v) is 9.05. The lowest BCUT2D eigenvalue weighted by Gasteiger charge is -2.25. The number of fused-ring (bicyclic) bond motifs is 6. The average Bonchev–Trinajstić information content (AvgIpc) is 3.37. The fourth-order valence-electron chi connectivity index (χ4n) is 7.37. The molecule has 22 heavy (non-hydrogen) atoms. The van der Waals surface area contributed by atoms with Gasteiger partial charge in [0.1, 0.15) is 0 Å². The number of benzene rings is 1. The van der Waals surface area contributed by atoms with Crippen LogP contribution in [0.1, 0.15) is 82.7 Å². The van der Waals surface area contributed by atoms with E-state index >= 15 is 0 Å². The molecule has 0 aliphatic heterocycles. The maximum Gasteiger partial charge on any atom is 0.00893 e. The van der Waals surface area contributed by atoms with Crippen LogP contribution in [0.3, 0.4) is 0 Å². The van der Waals surface area contributed by atoms with Gasteiger partial charge in [-0.15, -0.1) is 0 Å². The Bertz CT molecular complexity index is 713. The molecule has 4 bridgehead atoms. The molecule has 7 rings (SSSR count). The Morgan fingerprint density at radius 3 is 1.09 bits per heavy atom. The van der Waals surface area contributed by atoms with Crippen LogP contribution in [-0.4, -0.2) is 0 Å². The molecular weight excluding hydrogens is 264 g/mol. The van der Waals surface area contributed by atoms with E-state index in [1.807, 2.05) is 0 Å². The van der Waals surface area contributed by atoms with Gasteiger partial charge in [0.15, 0.2) is 0 Å². The second-order valence-electron chi connectivity index (χ2n) is 9.05. The van der Waals surface area contributed by atoms with Crippen LogP contribution in [-0.2, 0) is 0 Å². The van der Waals surface area contributed by atoms with Crippen LogP contribution in [0.2, 0.25) is 0 Å². The van der Waals surface area contributed by atoms with Crippen LogP contribution in [0.15, 0.2) is 24.3 Å². The normalized spacial score (nSPS) is 40.8. The molecule has 0 radical (unpaired) electrons. The summed E-state index contributed by atoms with van der Waals surface area (Å²) in [7, 11) is 0. The zero-order valence-electron chi connectivity index (χ0n) is 13.4. The van der Waals surface area contributed by atoms with E-state index in [9.17, 15) is 0 Å². The predicted molar refractivity (Wildman–Crippen MR) is 88.5 cm³/mol. The van der Waals surface area contributed by atoms with Gasteiger partial charge in [0, 0.05) is 23.7 Å². The van der Waals surface area contributed by atoms with Gasteiger partial charge in [0.25, 0.3) is 0 Å². The molecule has 4 atom stereocenters. The molecule has 0 saturated heterocycles. The SMILES string of the molecule is Cc1c2c(c(C)c3c1[C@@H]1C=C[C@@H]3C13CC3)[C@H]1C=C[C@H]2C12CC2. The molecule has 6 aliphatic carbocycles. The van der Waals surface area contributed by atoms with Gasteiger partial charge in [0.2, 0.25) is 0 Å². The smallest absolute Gasteiger partial charge is 0.00893 e. The van der Waals surface area contributed by atoms with E-state index in [0.29, 0.717) is 10.8 Å². The van der Waals surface area contributed by atoms with Gasteiger partial charge in [-0.2, -0.15) is 0 Å². The van der Waals surface area contributed by atoms with Gasteiger partial charge in [-0.25, -0.2) is 0 Å². The summed E-state index contributed by atoms with van der Waals surface area (Å²) in [6.45, 7) is 4.93. The number of rotatable bonds is 0. The minimum atomic E-state index is 0.636. The van der Waals surface area contributed by atoms with Crippen molar-refractivity contribution in [2.45, 2.75) is 63.2 Å². The van der Waals surface area contributed by atoms with Crippen molar-refractivity contribution in [3.63, 3.8) is 0 Å². The van der Waals surface area contributed by atoms with Crippen molar-refractivity contribution in [3.8, 4) is 0 Å². The Kier molecular flexibility index (Phi) is 1.49. The summed E-state index contributed by atoms with van der Waals surface area (Å²) in [4.78, 5) is 0. The molecule has 6 aliphatic rings. The summed E-state index contributed by atoms with van der Waals surface area (Å²) < 4.78 is 0. The highest BCUT2D eigenvalue weighted by atomic mass is 14.7. The van der Waals surface area contributed by atoms with Crippen molar-refractivity contribution < 1.29 is 0 Å². The minimum Gasteiger partial charge on any atom is -0.0798 e. The summed E-state index contributed by atoms with van der Waals surface area (Å²) in [5, 5.41) is 0. The topological polar surface area (TPSA) is 0 Å². The van der Waals surface area contributed by atoms with E-state index in [1.165, 1.54) is 25.7 Å². The van der Waals surface area contributed by atoms with Crippen molar-refractivity contribution in [1.82, 2.24) is 0 Å². The molecule has 110 valence electrons. The summed E-state index contributed by atoms with van der Waals surface area (Å²) in [6, 6.07) is 0. The van der Waals surface area contributed by atoms with Crippen molar-refractivity contribution in [2.24, 2.45) is 10.8 Å². The monoisotopic (exact) mass is 286 g/mol. The minimum absolute atomic E-state index is 0.636. The highest BCUT2D eigenvalue weighted by molar-refractivity contribution is 5.70. The molecule has 0 unspecified atom stereocenters. The standard InChI is InChI=1S/C22H22/c1-11-17-13-3-5-15(21(13)7-8-21)19(17)12(2)20-16-6-4-14(18(11)20)22(16)9-10-22/h3-6,13-16H,7-10H2,1-2H3/t13-,14+,15-,16+. The fraction of sp³-hybridized carbons (Fsp3) is 0.545. The largest absolute Gasteiger partial charge is 0.0798 e. The third-order valence-corrected chi connectivity index (χ3v) is 8.56. The van der Waals surface area contributed by atoms with Gasteiger partial charge in [-0.3, -0.25) is 0 Å². The second kappa shape index (κ2) is 2.90. The maximum absolute atomic E-state index is 2.56.